The third kappa shape index (κ3) is 3.11. The van der Waals surface area contributed by atoms with Crippen molar-refractivity contribution in [2.24, 2.45) is 5.73 Å². The Morgan fingerprint density at radius 1 is 1.16 bits per heavy atom. The lowest BCUT2D eigenvalue weighted by Crippen LogP contribution is -2.14. The van der Waals surface area contributed by atoms with Gasteiger partial charge in [-0.15, -0.1) is 0 Å². The van der Waals surface area contributed by atoms with Gasteiger partial charge >= 0.3 is 0 Å². The second-order valence-electron chi connectivity index (χ2n) is 4.04. The number of amides is 1. The van der Waals surface area contributed by atoms with Gasteiger partial charge in [0.15, 0.2) is 0 Å². The molecule has 0 spiro atoms. The highest BCUT2D eigenvalue weighted by atomic mass is 16.5. The van der Waals surface area contributed by atoms with E-state index in [2.05, 4.69) is 5.32 Å². The number of ether oxygens (including phenoxy) is 1. The molecule has 0 bridgehead atoms. The van der Waals surface area contributed by atoms with Crippen molar-refractivity contribution in [3.05, 3.63) is 59.7 Å². The summed E-state index contributed by atoms with van der Waals surface area (Å²) in [5.41, 5.74) is 7.86. The molecule has 0 aromatic heterocycles. The molecule has 0 heterocycles. The Morgan fingerprint density at radius 3 is 2.47 bits per heavy atom. The normalized spacial score (nSPS) is 10.0. The fourth-order valence-corrected chi connectivity index (χ4v) is 1.76. The van der Waals surface area contributed by atoms with Crippen molar-refractivity contribution in [2.45, 2.75) is 6.54 Å². The van der Waals surface area contributed by atoms with Crippen LogP contribution in [0.4, 0.5) is 5.69 Å². The van der Waals surface area contributed by atoms with E-state index in [1.165, 1.54) is 0 Å². The van der Waals surface area contributed by atoms with E-state index in [0.29, 0.717) is 12.1 Å². The molecule has 1 amide bonds. The van der Waals surface area contributed by atoms with Crippen molar-refractivity contribution in [3.63, 3.8) is 0 Å². The first-order valence-corrected chi connectivity index (χ1v) is 5.98. The first-order valence-electron chi connectivity index (χ1n) is 5.98. The predicted octanol–water partition coefficient (Wildman–Crippen LogP) is 2.41. The quantitative estimate of drug-likeness (QED) is 0.883. The van der Waals surface area contributed by atoms with E-state index in [0.717, 1.165) is 17.0 Å². The smallest absolute Gasteiger partial charge is 0.255 e. The molecule has 0 saturated heterocycles. The number of hydrogen-bond acceptors (Lipinski definition) is 3. The summed E-state index contributed by atoms with van der Waals surface area (Å²) < 4.78 is 5.06. The molecular weight excluding hydrogens is 240 g/mol. The third-order valence-electron chi connectivity index (χ3n) is 2.84. The minimum atomic E-state index is -0.163. The van der Waals surface area contributed by atoms with Gasteiger partial charge in [-0.25, -0.2) is 0 Å². The van der Waals surface area contributed by atoms with Gasteiger partial charge < -0.3 is 15.8 Å². The highest BCUT2D eigenvalue weighted by molar-refractivity contribution is 6.04. The largest absolute Gasteiger partial charge is 0.497 e. The molecule has 0 atom stereocenters. The zero-order valence-corrected chi connectivity index (χ0v) is 10.7. The summed E-state index contributed by atoms with van der Waals surface area (Å²) in [7, 11) is 1.59. The number of nitrogens with two attached hydrogens (primary N) is 1. The summed E-state index contributed by atoms with van der Waals surface area (Å²) in [6.45, 7) is 0.388. The highest BCUT2D eigenvalue weighted by Gasteiger charge is 2.08. The Hall–Kier alpha value is -2.33. The van der Waals surface area contributed by atoms with E-state index in [-0.39, 0.29) is 5.91 Å². The molecule has 2 aromatic carbocycles. The van der Waals surface area contributed by atoms with Gasteiger partial charge in [-0.1, -0.05) is 18.2 Å². The lowest BCUT2D eigenvalue weighted by molar-refractivity contribution is 0.102. The van der Waals surface area contributed by atoms with Crippen LogP contribution in [0.15, 0.2) is 48.5 Å². The lowest BCUT2D eigenvalue weighted by Gasteiger charge is -2.09. The number of carbonyl (C=O) groups excluding carboxylic acids is 1. The molecule has 98 valence electrons. The number of hydrogen-bond donors (Lipinski definition) is 2. The second-order valence-corrected chi connectivity index (χ2v) is 4.04. The molecule has 2 rings (SSSR count). The van der Waals surface area contributed by atoms with Gasteiger partial charge in [0.05, 0.1) is 7.11 Å². The summed E-state index contributed by atoms with van der Waals surface area (Å²) in [6.07, 6.45) is 0. The number of anilines is 1. The fourth-order valence-electron chi connectivity index (χ4n) is 1.76. The van der Waals surface area contributed by atoms with Gasteiger partial charge in [0.25, 0.3) is 5.91 Å². The molecule has 19 heavy (non-hydrogen) atoms. The van der Waals surface area contributed by atoms with Crippen LogP contribution in [-0.4, -0.2) is 13.0 Å². The van der Waals surface area contributed by atoms with Crippen LogP contribution >= 0.6 is 0 Å². The maximum atomic E-state index is 12.1. The summed E-state index contributed by atoms with van der Waals surface area (Å²) >= 11 is 0. The monoisotopic (exact) mass is 256 g/mol. The van der Waals surface area contributed by atoms with Crippen LogP contribution in [0.1, 0.15) is 15.9 Å². The third-order valence-corrected chi connectivity index (χ3v) is 2.84. The highest BCUT2D eigenvalue weighted by Crippen LogP contribution is 2.17. The number of methoxy groups -OCH3 is 1. The minimum Gasteiger partial charge on any atom is -0.497 e. The van der Waals surface area contributed by atoms with E-state index in [4.69, 9.17) is 10.5 Å². The Kier molecular flexibility index (Phi) is 4.15. The molecule has 4 nitrogen and oxygen atoms in total. The summed E-state index contributed by atoms with van der Waals surface area (Å²) in [5.74, 6) is 0.558. The number of para-hydroxylation sites is 1. The molecule has 4 heteroatoms. The predicted molar refractivity (Wildman–Crippen MR) is 75.3 cm³/mol. The molecule has 3 N–H and O–H groups in total. The zero-order chi connectivity index (χ0) is 13.7. The topological polar surface area (TPSA) is 64.3 Å². The average molecular weight is 256 g/mol. The number of carbonyl (C=O) groups is 1. The molecule has 0 saturated carbocycles. The van der Waals surface area contributed by atoms with Crippen LogP contribution in [0.2, 0.25) is 0 Å². The number of rotatable bonds is 4. The molecule has 0 radical (unpaired) electrons. The fraction of sp³-hybridized carbons (Fsp3) is 0.133. The molecule has 0 unspecified atom stereocenters. The second kappa shape index (κ2) is 6.02. The Balaban J connectivity index is 2.16. The van der Waals surface area contributed by atoms with E-state index >= 15 is 0 Å². The van der Waals surface area contributed by atoms with Crippen LogP contribution in [0.3, 0.4) is 0 Å². The number of benzene rings is 2. The van der Waals surface area contributed by atoms with Gasteiger partial charge in [0.2, 0.25) is 0 Å². The van der Waals surface area contributed by atoms with Crippen molar-refractivity contribution >= 4 is 11.6 Å². The van der Waals surface area contributed by atoms with Crippen LogP contribution in [0, 0.1) is 0 Å². The van der Waals surface area contributed by atoms with E-state index < -0.39 is 0 Å². The van der Waals surface area contributed by atoms with Crippen LogP contribution in [0.25, 0.3) is 0 Å². The Bertz CT molecular complexity index is 565. The van der Waals surface area contributed by atoms with Crippen LogP contribution in [0.5, 0.6) is 5.75 Å². The van der Waals surface area contributed by atoms with Crippen molar-refractivity contribution in [1.82, 2.24) is 0 Å². The minimum absolute atomic E-state index is 0.163. The molecule has 0 aliphatic rings. The first kappa shape index (κ1) is 13.1. The Morgan fingerprint density at radius 2 is 1.84 bits per heavy atom. The van der Waals surface area contributed by atoms with Crippen LogP contribution in [-0.2, 0) is 6.54 Å². The standard InChI is InChI=1S/C15H16N2O2/c1-19-13-8-6-11(7-9-13)15(18)17-14-5-3-2-4-12(14)10-16/h2-9H,10,16H2,1H3,(H,17,18). The van der Waals surface area contributed by atoms with E-state index in [9.17, 15) is 4.79 Å². The zero-order valence-electron chi connectivity index (χ0n) is 10.7. The first-order chi connectivity index (χ1) is 9.24. The van der Waals surface area contributed by atoms with Gasteiger partial charge in [-0.05, 0) is 35.9 Å². The van der Waals surface area contributed by atoms with Gasteiger partial charge in [-0.3, -0.25) is 4.79 Å². The molecule has 0 fully saturated rings. The van der Waals surface area contributed by atoms with Crippen molar-refractivity contribution in [3.8, 4) is 5.75 Å². The maximum absolute atomic E-state index is 12.1. The van der Waals surface area contributed by atoms with Crippen molar-refractivity contribution in [1.29, 1.82) is 0 Å². The van der Waals surface area contributed by atoms with Gasteiger partial charge in [0, 0.05) is 17.8 Å². The van der Waals surface area contributed by atoms with E-state index in [1.54, 1.807) is 31.4 Å². The van der Waals surface area contributed by atoms with Crippen molar-refractivity contribution in [2.75, 3.05) is 12.4 Å². The molecule has 0 aliphatic carbocycles. The molecule has 0 aliphatic heterocycles. The van der Waals surface area contributed by atoms with Gasteiger partial charge in [-0.2, -0.15) is 0 Å². The Labute approximate surface area is 112 Å². The SMILES string of the molecule is COc1ccc(C(=O)Nc2ccccc2CN)cc1. The van der Waals surface area contributed by atoms with Crippen LogP contribution < -0.4 is 15.8 Å². The van der Waals surface area contributed by atoms with E-state index in [1.807, 2.05) is 24.3 Å². The molecule has 2 aromatic rings. The maximum Gasteiger partial charge on any atom is 0.255 e. The lowest BCUT2D eigenvalue weighted by atomic mass is 10.1. The summed E-state index contributed by atoms with van der Waals surface area (Å²) in [5, 5.41) is 2.86. The molecular formula is C15H16N2O2. The number of nitrogens with one attached hydrogen (secondary N) is 1. The van der Waals surface area contributed by atoms with Crippen molar-refractivity contribution < 1.29 is 9.53 Å². The summed E-state index contributed by atoms with van der Waals surface area (Å²) in [6, 6.07) is 14.4. The summed E-state index contributed by atoms with van der Waals surface area (Å²) in [4.78, 5) is 12.1. The van der Waals surface area contributed by atoms with Gasteiger partial charge in [0.1, 0.15) is 5.75 Å². The average Bonchev–Trinajstić information content (AvgIpc) is 2.48.